The number of amides is 1. The van der Waals surface area contributed by atoms with Crippen LogP contribution in [0.1, 0.15) is 67.8 Å². The lowest BCUT2D eigenvalue weighted by Gasteiger charge is -2.28. The summed E-state index contributed by atoms with van der Waals surface area (Å²) >= 11 is 0. The number of rotatable bonds is 9. The SMILES string of the molecule is CCOc1cc(C2c3c(oc4ccccc4c3=O)C(=O)N2CC2CCCO2)ccc1OCCC(C)C. The molecule has 1 saturated heterocycles. The molecule has 0 bridgehead atoms. The van der Waals surface area contributed by atoms with Gasteiger partial charge in [-0.2, -0.15) is 0 Å². The Morgan fingerprint density at radius 2 is 1.92 bits per heavy atom. The van der Waals surface area contributed by atoms with Gasteiger partial charge in [-0.15, -0.1) is 0 Å². The molecule has 0 saturated carbocycles. The summed E-state index contributed by atoms with van der Waals surface area (Å²) in [5.41, 5.74) is 1.38. The molecule has 0 radical (unpaired) electrons. The molecule has 1 fully saturated rings. The van der Waals surface area contributed by atoms with Crippen LogP contribution in [0.25, 0.3) is 11.0 Å². The van der Waals surface area contributed by atoms with Gasteiger partial charge < -0.3 is 23.5 Å². The van der Waals surface area contributed by atoms with Gasteiger partial charge >= 0.3 is 0 Å². The van der Waals surface area contributed by atoms with Crippen molar-refractivity contribution < 1.29 is 23.4 Å². The normalized spacial score (nSPS) is 19.3. The van der Waals surface area contributed by atoms with E-state index >= 15 is 0 Å². The van der Waals surface area contributed by atoms with Crippen LogP contribution in [0.15, 0.2) is 51.7 Å². The second-order valence-corrected chi connectivity index (χ2v) is 9.84. The van der Waals surface area contributed by atoms with Crippen molar-refractivity contribution in [2.75, 3.05) is 26.4 Å². The quantitative estimate of drug-likeness (QED) is 0.402. The van der Waals surface area contributed by atoms with Crippen LogP contribution in [0.2, 0.25) is 0 Å². The number of hydrogen-bond donors (Lipinski definition) is 0. The highest BCUT2D eigenvalue weighted by atomic mass is 16.5. The lowest BCUT2D eigenvalue weighted by molar-refractivity contribution is 0.0486. The number of fused-ring (bicyclic) bond motifs is 2. The van der Waals surface area contributed by atoms with Crippen LogP contribution in [-0.2, 0) is 4.74 Å². The van der Waals surface area contributed by atoms with Gasteiger partial charge in [-0.3, -0.25) is 9.59 Å². The Kier molecular flexibility index (Phi) is 7.01. The summed E-state index contributed by atoms with van der Waals surface area (Å²) in [6.07, 6.45) is 2.70. The molecule has 0 aliphatic carbocycles. The van der Waals surface area contributed by atoms with Gasteiger partial charge in [-0.25, -0.2) is 0 Å². The zero-order valence-electron chi connectivity index (χ0n) is 21.1. The van der Waals surface area contributed by atoms with Crippen LogP contribution >= 0.6 is 0 Å². The summed E-state index contributed by atoms with van der Waals surface area (Å²) in [5, 5.41) is 0.465. The molecule has 7 nitrogen and oxygen atoms in total. The molecule has 0 spiro atoms. The number of carbonyl (C=O) groups is 1. The Bertz CT molecular complexity index is 1310. The van der Waals surface area contributed by atoms with E-state index in [1.807, 2.05) is 25.1 Å². The van der Waals surface area contributed by atoms with Gasteiger partial charge in [0.15, 0.2) is 16.9 Å². The maximum absolute atomic E-state index is 13.7. The van der Waals surface area contributed by atoms with Crippen LogP contribution < -0.4 is 14.9 Å². The largest absolute Gasteiger partial charge is 0.490 e. The molecule has 190 valence electrons. The van der Waals surface area contributed by atoms with Gasteiger partial charge in [0.2, 0.25) is 5.76 Å². The van der Waals surface area contributed by atoms with E-state index < -0.39 is 6.04 Å². The molecule has 1 amide bonds. The highest BCUT2D eigenvalue weighted by Gasteiger charge is 2.44. The molecule has 7 heteroatoms. The number of nitrogens with zero attached hydrogens (tertiary/aromatic N) is 1. The molecule has 0 N–H and O–H groups in total. The number of hydrogen-bond acceptors (Lipinski definition) is 6. The van der Waals surface area contributed by atoms with E-state index in [1.54, 1.807) is 29.2 Å². The number of carbonyl (C=O) groups excluding carboxylic acids is 1. The molecule has 5 rings (SSSR count). The minimum absolute atomic E-state index is 0.0692. The van der Waals surface area contributed by atoms with Crippen LogP contribution in [0.4, 0.5) is 0 Å². The summed E-state index contributed by atoms with van der Waals surface area (Å²) in [6.45, 7) is 8.36. The number of ether oxygens (including phenoxy) is 3. The Labute approximate surface area is 210 Å². The lowest BCUT2D eigenvalue weighted by atomic mass is 9.97. The summed E-state index contributed by atoms with van der Waals surface area (Å²) in [4.78, 5) is 29.0. The third kappa shape index (κ3) is 4.60. The predicted molar refractivity (Wildman–Crippen MR) is 137 cm³/mol. The first-order valence-corrected chi connectivity index (χ1v) is 12.9. The Hall–Kier alpha value is -3.32. The van der Waals surface area contributed by atoms with Crippen molar-refractivity contribution in [1.82, 2.24) is 4.90 Å². The minimum atomic E-state index is -0.596. The molecule has 2 aliphatic heterocycles. The van der Waals surface area contributed by atoms with E-state index in [-0.39, 0.29) is 23.2 Å². The fourth-order valence-electron chi connectivity index (χ4n) is 5.00. The maximum Gasteiger partial charge on any atom is 0.291 e. The molecule has 2 aliphatic rings. The Morgan fingerprint density at radius 3 is 2.67 bits per heavy atom. The van der Waals surface area contributed by atoms with Gasteiger partial charge in [0.25, 0.3) is 5.91 Å². The van der Waals surface area contributed by atoms with Gasteiger partial charge in [0, 0.05) is 13.2 Å². The molecule has 3 aromatic rings. The monoisotopic (exact) mass is 491 g/mol. The fourth-order valence-corrected chi connectivity index (χ4v) is 5.00. The summed E-state index contributed by atoms with van der Waals surface area (Å²) < 4.78 is 23.8. The van der Waals surface area contributed by atoms with Crippen molar-refractivity contribution in [3.05, 3.63) is 69.6 Å². The topological polar surface area (TPSA) is 78.2 Å². The van der Waals surface area contributed by atoms with Crippen LogP contribution in [0, 0.1) is 5.92 Å². The highest BCUT2D eigenvalue weighted by Crippen LogP contribution is 2.41. The van der Waals surface area contributed by atoms with Crippen LogP contribution in [0.3, 0.4) is 0 Å². The predicted octanol–water partition coefficient (Wildman–Crippen LogP) is 5.34. The van der Waals surface area contributed by atoms with Gasteiger partial charge in [-0.1, -0.05) is 32.0 Å². The standard InChI is InChI=1S/C29H33NO6/c1-4-33-24-16-19(11-12-23(24)35-15-13-18(2)3)26-25-27(31)21-9-5-6-10-22(21)36-28(25)29(32)30(26)17-20-8-7-14-34-20/h5-6,9-12,16,18,20,26H,4,7-8,13-15,17H2,1-3H3. The van der Waals surface area contributed by atoms with E-state index in [0.717, 1.165) is 24.8 Å². The lowest BCUT2D eigenvalue weighted by Crippen LogP contribution is -2.36. The van der Waals surface area contributed by atoms with Gasteiger partial charge in [-0.05, 0) is 61.9 Å². The van der Waals surface area contributed by atoms with Crippen molar-refractivity contribution in [2.24, 2.45) is 5.92 Å². The van der Waals surface area contributed by atoms with Crippen LogP contribution in [-0.4, -0.2) is 43.3 Å². The van der Waals surface area contributed by atoms with E-state index in [0.29, 0.717) is 60.3 Å². The third-order valence-corrected chi connectivity index (χ3v) is 6.83. The van der Waals surface area contributed by atoms with Crippen LogP contribution in [0.5, 0.6) is 11.5 Å². The first-order valence-electron chi connectivity index (χ1n) is 12.9. The fraction of sp³-hybridized carbons (Fsp3) is 0.448. The average molecular weight is 492 g/mol. The third-order valence-electron chi connectivity index (χ3n) is 6.83. The molecule has 36 heavy (non-hydrogen) atoms. The smallest absolute Gasteiger partial charge is 0.291 e. The summed E-state index contributed by atoms with van der Waals surface area (Å²) in [5.74, 6) is 1.60. The first-order chi connectivity index (χ1) is 17.5. The second-order valence-electron chi connectivity index (χ2n) is 9.84. The molecule has 1 aromatic heterocycles. The van der Waals surface area contributed by atoms with Gasteiger partial charge in [0.1, 0.15) is 5.58 Å². The van der Waals surface area contributed by atoms with Crippen molar-refractivity contribution in [3.8, 4) is 11.5 Å². The zero-order valence-corrected chi connectivity index (χ0v) is 21.1. The second kappa shape index (κ2) is 10.3. The maximum atomic E-state index is 13.7. The number of benzene rings is 2. The van der Waals surface area contributed by atoms with Crippen molar-refractivity contribution in [1.29, 1.82) is 0 Å². The van der Waals surface area contributed by atoms with Crippen molar-refractivity contribution in [3.63, 3.8) is 0 Å². The van der Waals surface area contributed by atoms with Crippen molar-refractivity contribution in [2.45, 2.75) is 52.2 Å². The van der Waals surface area contributed by atoms with E-state index in [4.69, 9.17) is 18.6 Å². The Balaban J connectivity index is 1.59. The van der Waals surface area contributed by atoms with Crippen molar-refractivity contribution >= 4 is 16.9 Å². The average Bonchev–Trinajstić information content (AvgIpc) is 3.47. The van der Waals surface area contributed by atoms with E-state index in [2.05, 4.69) is 13.8 Å². The number of para-hydroxylation sites is 1. The molecular weight excluding hydrogens is 458 g/mol. The zero-order chi connectivity index (χ0) is 25.2. The molecule has 2 atom stereocenters. The minimum Gasteiger partial charge on any atom is -0.490 e. The van der Waals surface area contributed by atoms with E-state index in [9.17, 15) is 9.59 Å². The molecular formula is C29H33NO6. The molecule has 3 heterocycles. The highest BCUT2D eigenvalue weighted by molar-refractivity contribution is 5.99. The molecule has 2 unspecified atom stereocenters. The summed E-state index contributed by atoms with van der Waals surface area (Å²) in [7, 11) is 0. The summed E-state index contributed by atoms with van der Waals surface area (Å²) in [6, 6.07) is 12.1. The first kappa shape index (κ1) is 24.4. The van der Waals surface area contributed by atoms with Gasteiger partial charge in [0.05, 0.1) is 36.3 Å². The molecule has 2 aromatic carbocycles. The Morgan fingerprint density at radius 1 is 1.08 bits per heavy atom. The van der Waals surface area contributed by atoms with E-state index in [1.165, 1.54) is 0 Å².